The highest BCUT2D eigenvalue weighted by molar-refractivity contribution is 6.30. The molecule has 0 heterocycles. The third-order valence-electron chi connectivity index (χ3n) is 1.16. The summed E-state index contributed by atoms with van der Waals surface area (Å²) in [6, 6.07) is 5.11. The lowest BCUT2D eigenvalue weighted by atomic mass is 10.2. The van der Waals surface area contributed by atoms with Crippen LogP contribution in [0.5, 0.6) is 0 Å². The van der Waals surface area contributed by atoms with E-state index in [-0.39, 0.29) is 0 Å². The Bertz CT molecular complexity index is 235. The largest absolute Gasteiger partial charge is 0.285 e. The zero-order valence-corrected chi connectivity index (χ0v) is 6.27. The fraction of sp³-hybridized carbons (Fsp3) is 0.125. The van der Waals surface area contributed by atoms with E-state index in [1.54, 1.807) is 24.5 Å². The van der Waals surface area contributed by atoms with Gasteiger partial charge in [-0.3, -0.25) is 4.79 Å². The molecule has 0 atom stereocenters. The van der Waals surface area contributed by atoms with E-state index in [1.165, 1.54) is 0 Å². The third kappa shape index (κ3) is 1.58. The molecule has 0 aliphatic rings. The van der Waals surface area contributed by atoms with Crippen molar-refractivity contribution in [3.63, 3.8) is 0 Å². The minimum Gasteiger partial charge on any atom is -0.285 e. The Hall–Kier alpha value is -0.820. The van der Waals surface area contributed by atoms with Gasteiger partial charge in [-0.05, 0) is 30.7 Å². The predicted molar refractivity (Wildman–Crippen MR) is 41.0 cm³/mol. The quantitative estimate of drug-likeness (QED) is 0.604. The first kappa shape index (κ1) is 7.29. The molecule has 0 aromatic heterocycles. The number of rotatable bonds is 1. The maximum absolute atomic E-state index is 10.1. The summed E-state index contributed by atoms with van der Waals surface area (Å²) >= 11 is 5.65. The van der Waals surface area contributed by atoms with Crippen LogP contribution in [0, 0.1) is 6.92 Å². The van der Waals surface area contributed by atoms with Crippen molar-refractivity contribution in [2.45, 2.75) is 6.92 Å². The van der Waals surface area contributed by atoms with Crippen LogP contribution >= 0.6 is 11.6 Å². The number of hydrogen-bond donors (Lipinski definition) is 0. The normalized spacial score (nSPS) is 9.40. The summed E-state index contributed by atoms with van der Waals surface area (Å²) < 4.78 is 0. The van der Waals surface area contributed by atoms with E-state index in [0.717, 1.165) is 5.56 Å². The standard InChI is InChI=1S/C8H6ClO/c1-6-2-7(5-10)4-8(9)3-6/h2-4H,1H3. The van der Waals surface area contributed by atoms with Crippen molar-refractivity contribution in [3.05, 3.63) is 34.3 Å². The van der Waals surface area contributed by atoms with Gasteiger partial charge >= 0.3 is 0 Å². The molecule has 10 heavy (non-hydrogen) atoms. The van der Waals surface area contributed by atoms with Crippen molar-refractivity contribution < 1.29 is 4.79 Å². The molecule has 1 aromatic carbocycles. The van der Waals surface area contributed by atoms with Crippen molar-refractivity contribution in [2.75, 3.05) is 0 Å². The molecule has 0 saturated carbocycles. The molecule has 1 radical (unpaired) electrons. The summed E-state index contributed by atoms with van der Waals surface area (Å²) in [5.41, 5.74) is 1.48. The second-order valence-electron chi connectivity index (χ2n) is 2.12. The molecule has 0 fully saturated rings. The second kappa shape index (κ2) is 2.84. The van der Waals surface area contributed by atoms with Crippen molar-refractivity contribution in [2.24, 2.45) is 0 Å². The lowest BCUT2D eigenvalue weighted by Crippen LogP contribution is -1.81. The van der Waals surface area contributed by atoms with E-state index in [9.17, 15) is 4.79 Å². The lowest BCUT2D eigenvalue weighted by molar-refractivity contribution is 0.562. The summed E-state index contributed by atoms with van der Waals surface area (Å²) in [4.78, 5) is 10.1. The molecule has 0 aliphatic carbocycles. The van der Waals surface area contributed by atoms with E-state index in [0.29, 0.717) is 10.6 Å². The highest BCUT2D eigenvalue weighted by Gasteiger charge is 1.94. The van der Waals surface area contributed by atoms with E-state index in [4.69, 9.17) is 11.6 Å². The monoisotopic (exact) mass is 153 g/mol. The van der Waals surface area contributed by atoms with Crippen molar-refractivity contribution >= 4 is 17.9 Å². The molecular formula is C8H6ClO. The fourth-order valence-electron chi connectivity index (χ4n) is 0.795. The second-order valence-corrected chi connectivity index (χ2v) is 2.56. The number of benzene rings is 1. The maximum atomic E-state index is 10.1. The molecule has 0 aliphatic heterocycles. The van der Waals surface area contributed by atoms with Gasteiger partial charge in [0.25, 0.3) is 0 Å². The average molecular weight is 154 g/mol. The SMILES string of the molecule is Cc1cc(Cl)cc([C]=O)c1. The van der Waals surface area contributed by atoms with Crippen LogP contribution in [0.15, 0.2) is 18.2 Å². The molecule has 0 saturated heterocycles. The molecule has 0 spiro atoms. The van der Waals surface area contributed by atoms with Crippen molar-refractivity contribution in [3.8, 4) is 0 Å². The smallest absolute Gasteiger partial charge is 0.233 e. The molecule has 0 unspecified atom stereocenters. The zero-order valence-electron chi connectivity index (χ0n) is 5.52. The third-order valence-corrected chi connectivity index (χ3v) is 1.38. The first-order valence-electron chi connectivity index (χ1n) is 2.88. The van der Waals surface area contributed by atoms with Gasteiger partial charge in [-0.2, -0.15) is 0 Å². The first-order valence-corrected chi connectivity index (χ1v) is 3.25. The van der Waals surface area contributed by atoms with Gasteiger partial charge in [0.1, 0.15) is 0 Å². The van der Waals surface area contributed by atoms with Crippen LogP contribution in [-0.2, 0) is 4.79 Å². The Morgan fingerprint density at radius 3 is 2.60 bits per heavy atom. The van der Waals surface area contributed by atoms with Crippen LogP contribution in [0.3, 0.4) is 0 Å². The molecule has 0 bridgehead atoms. The van der Waals surface area contributed by atoms with Gasteiger partial charge in [-0.25, -0.2) is 0 Å². The Kier molecular flexibility index (Phi) is 2.07. The summed E-state index contributed by atoms with van der Waals surface area (Å²) in [5.74, 6) is 0. The molecule has 1 rings (SSSR count). The van der Waals surface area contributed by atoms with Crippen LogP contribution in [0.1, 0.15) is 11.1 Å². The van der Waals surface area contributed by atoms with Crippen LogP contribution in [0.2, 0.25) is 5.02 Å². The number of hydrogen-bond acceptors (Lipinski definition) is 1. The Morgan fingerprint density at radius 2 is 2.10 bits per heavy atom. The molecule has 2 heteroatoms. The molecule has 1 aromatic rings. The Morgan fingerprint density at radius 1 is 1.40 bits per heavy atom. The van der Waals surface area contributed by atoms with Gasteiger partial charge < -0.3 is 0 Å². The lowest BCUT2D eigenvalue weighted by Gasteiger charge is -1.93. The van der Waals surface area contributed by atoms with Crippen molar-refractivity contribution in [1.29, 1.82) is 0 Å². The van der Waals surface area contributed by atoms with Crippen LogP contribution in [-0.4, -0.2) is 6.29 Å². The van der Waals surface area contributed by atoms with Gasteiger partial charge in [-0.1, -0.05) is 11.6 Å². The summed E-state index contributed by atoms with van der Waals surface area (Å²) in [6.45, 7) is 1.88. The molecular weight excluding hydrogens is 148 g/mol. The van der Waals surface area contributed by atoms with Gasteiger partial charge in [0, 0.05) is 10.6 Å². The van der Waals surface area contributed by atoms with Crippen molar-refractivity contribution in [1.82, 2.24) is 0 Å². The number of carbonyl (C=O) groups excluding carboxylic acids is 1. The van der Waals surface area contributed by atoms with Crippen LogP contribution in [0.25, 0.3) is 0 Å². The highest BCUT2D eigenvalue weighted by Crippen LogP contribution is 2.12. The average Bonchev–Trinajstić information content (AvgIpc) is 1.85. The molecule has 51 valence electrons. The van der Waals surface area contributed by atoms with Crippen LogP contribution < -0.4 is 0 Å². The number of halogens is 1. The Balaban J connectivity index is 3.18. The van der Waals surface area contributed by atoms with Gasteiger partial charge in [0.15, 0.2) is 0 Å². The minimum absolute atomic E-state index is 0.505. The minimum atomic E-state index is 0.505. The van der Waals surface area contributed by atoms with Crippen LogP contribution in [0.4, 0.5) is 0 Å². The first-order chi connectivity index (χ1) is 4.72. The Labute approximate surface area is 64.6 Å². The summed E-state index contributed by atoms with van der Waals surface area (Å²) in [5, 5.41) is 0.582. The molecule has 0 amide bonds. The maximum Gasteiger partial charge on any atom is 0.233 e. The van der Waals surface area contributed by atoms with Gasteiger partial charge in [-0.15, -0.1) is 0 Å². The van der Waals surface area contributed by atoms with E-state index >= 15 is 0 Å². The highest BCUT2D eigenvalue weighted by atomic mass is 35.5. The van der Waals surface area contributed by atoms with E-state index < -0.39 is 0 Å². The summed E-state index contributed by atoms with van der Waals surface area (Å²) in [7, 11) is 0. The van der Waals surface area contributed by atoms with Gasteiger partial charge in [0.2, 0.25) is 6.29 Å². The summed E-state index contributed by atoms with van der Waals surface area (Å²) in [6.07, 6.45) is 1.77. The van der Waals surface area contributed by atoms with Gasteiger partial charge in [0.05, 0.1) is 0 Å². The topological polar surface area (TPSA) is 17.1 Å². The van der Waals surface area contributed by atoms with E-state index in [2.05, 4.69) is 0 Å². The zero-order chi connectivity index (χ0) is 7.56. The molecule has 1 nitrogen and oxygen atoms in total. The fourth-order valence-corrected chi connectivity index (χ4v) is 1.08. The van der Waals surface area contributed by atoms with E-state index in [1.807, 2.05) is 6.92 Å². The number of aryl methyl sites for hydroxylation is 1. The predicted octanol–water partition coefficient (Wildman–Crippen LogP) is 2.11. The molecule has 0 N–H and O–H groups in total.